The van der Waals surface area contributed by atoms with Crippen LogP contribution in [-0.4, -0.2) is 24.0 Å². The van der Waals surface area contributed by atoms with Crippen molar-refractivity contribution in [2.45, 2.75) is 64.5 Å². The summed E-state index contributed by atoms with van der Waals surface area (Å²) in [4.78, 5) is 2.43. The summed E-state index contributed by atoms with van der Waals surface area (Å²) < 4.78 is 5.73. The molecule has 114 valence electrons. The first-order chi connectivity index (χ1) is 9.59. The maximum absolute atomic E-state index is 6.18. The topological polar surface area (TPSA) is 42.4 Å². The SMILES string of the molecule is CCC1CCCC(CN)(N(C)Cc2ccc(C)o2)CC1. The van der Waals surface area contributed by atoms with Crippen LogP contribution in [0.25, 0.3) is 0 Å². The number of nitrogens with two attached hydrogens (primary N) is 1. The van der Waals surface area contributed by atoms with Crippen LogP contribution in [0.3, 0.4) is 0 Å². The van der Waals surface area contributed by atoms with Crippen molar-refractivity contribution in [1.82, 2.24) is 4.90 Å². The molecule has 3 heteroatoms. The fourth-order valence-corrected chi connectivity index (χ4v) is 3.58. The Labute approximate surface area is 123 Å². The lowest BCUT2D eigenvalue weighted by Gasteiger charge is -2.40. The number of nitrogens with zero attached hydrogens (tertiary/aromatic N) is 1. The lowest BCUT2D eigenvalue weighted by molar-refractivity contribution is 0.0906. The second-order valence-electron chi connectivity index (χ2n) is 6.50. The number of hydrogen-bond acceptors (Lipinski definition) is 3. The predicted octanol–water partition coefficient (Wildman–Crippen LogP) is 3.71. The van der Waals surface area contributed by atoms with Crippen molar-refractivity contribution in [3.8, 4) is 0 Å². The van der Waals surface area contributed by atoms with E-state index in [0.29, 0.717) is 0 Å². The summed E-state index contributed by atoms with van der Waals surface area (Å²) in [5.41, 5.74) is 6.34. The van der Waals surface area contributed by atoms with Crippen molar-refractivity contribution in [3.63, 3.8) is 0 Å². The minimum Gasteiger partial charge on any atom is -0.465 e. The van der Waals surface area contributed by atoms with Crippen molar-refractivity contribution in [2.75, 3.05) is 13.6 Å². The van der Waals surface area contributed by atoms with E-state index in [1.54, 1.807) is 0 Å². The van der Waals surface area contributed by atoms with Crippen molar-refractivity contribution in [1.29, 1.82) is 0 Å². The lowest BCUT2D eigenvalue weighted by atomic mass is 9.87. The second kappa shape index (κ2) is 6.77. The zero-order valence-electron chi connectivity index (χ0n) is 13.3. The molecule has 1 saturated carbocycles. The highest BCUT2D eigenvalue weighted by Crippen LogP contribution is 2.35. The van der Waals surface area contributed by atoms with E-state index in [1.165, 1.54) is 38.5 Å². The average Bonchev–Trinajstić information content (AvgIpc) is 2.74. The summed E-state index contributed by atoms with van der Waals surface area (Å²) in [5.74, 6) is 2.93. The average molecular weight is 278 g/mol. The van der Waals surface area contributed by atoms with Gasteiger partial charge in [-0.3, -0.25) is 4.90 Å². The first-order valence-electron chi connectivity index (χ1n) is 8.06. The molecule has 2 rings (SSSR count). The van der Waals surface area contributed by atoms with Crippen LogP contribution in [0, 0.1) is 12.8 Å². The van der Waals surface area contributed by atoms with Crippen molar-refractivity contribution in [3.05, 3.63) is 23.7 Å². The molecule has 1 fully saturated rings. The van der Waals surface area contributed by atoms with Crippen LogP contribution in [0.15, 0.2) is 16.5 Å². The van der Waals surface area contributed by atoms with E-state index in [2.05, 4.69) is 24.9 Å². The van der Waals surface area contributed by atoms with Gasteiger partial charge in [0.15, 0.2) is 0 Å². The van der Waals surface area contributed by atoms with E-state index in [-0.39, 0.29) is 5.54 Å². The highest BCUT2D eigenvalue weighted by atomic mass is 16.3. The lowest BCUT2D eigenvalue weighted by Crippen LogP contribution is -2.51. The molecule has 0 spiro atoms. The van der Waals surface area contributed by atoms with Crippen LogP contribution in [0.5, 0.6) is 0 Å². The van der Waals surface area contributed by atoms with Gasteiger partial charge in [0.2, 0.25) is 0 Å². The molecule has 1 aliphatic carbocycles. The Balaban J connectivity index is 2.05. The molecule has 1 aromatic rings. The van der Waals surface area contributed by atoms with E-state index in [9.17, 15) is 0 Å². The number of hydrogen-bond donors (Lipinski definition) is 1. The molecule has 0 bridgehead atoms. The third-order valence-corrected chi connectivity index (χ3v) is 5.23. The van der Waals surface area contributed by atoms with Crippen molar-refractivity contribution in [2.24, 2.45) is 11.7 Å². The fraction of sp³-hybridized carbons (Fsp3) is 0.765. The molecule has 3 nitrogen and oxygen atoms in total. The zero-order chi connectivity index (χ0) is 14.6. The molecule has 1 aromatic heterocycles. The Morgan fingerprint density at radius 3 is 2.75 bits per heavy atom. The normalized spacial score (nSPS) is 27.8. The standard InChI is InChI=1S/C17H30N2O/c1-4-15-6-5-10-17(13-18,11-9-15)19(3)12-16-8-7-14(2)20-16/h7-8,15H,4-6,9-13,18H2,1-3H3. The van der Waals surface area contributed by atoms with Gasteiger partial charge in [0.1, 0.15) is 11.5 Å². The summed E-state index contributed by atoms with van der Waals surface area (Å²) >= 11 is 0. The van der Waals surface area contributed by atoms with Gasteiger partial charge in [-0.25, -0.2) is 0 Å². The van der Waals surface area contributed by atoms with Gasteiger partial charge in [0.05, 0.1) is 6.54 Å². The van der Waals surface area contributed by atoms with Gasteiger partial charge in [0.25, 0.3) is 0 Å². The van der Waals surface area contributed by atoms with Crippen molar-refractivity contribution < 1.29 is 4.42 Å². The summed E-state index contributed by atoms with van der Waals surface area (Å²) in [6, 6.07) is 4.13. The number of likely N-dealkylation sites (N-methyl/N-ethyl adjacent to an activating group) is 1. The van der Waals surface area contributed by atoms with Gasteiger partial charge in [-0.1, -0.05) is 26.2 Å². The van der Waals surface area contributed by atoms with Crippen LogP contribution in [0.2, 0.25) is 0 Å². The molecule has 0 radical (unpaired) electrons. The van der Waals surface area contributed by atoms with Gasteiger partial charge in [-0.2, -0.15) is 0 Å². The Bertz CT molecular complexity index is 415. The third-order valence-electron chi connectivity index (χ3n) is 5.23. The molecular formula is C17H30N2O. The van der Waals surface area contributed by atoms with Crippen LogP contribution >= 0.6 is 0 Å². The van der Waals surface area contributed by atoms with Crippen molar-refractivity contribution >= 4 is 0 Å². The smallest absolute Gasteiger partial charge is 0.118 e. The van der Waals surface area contributed by atoms with E-state index in [0.717, 1.165) is 30.5 Å². The van der Waals surface area contributed by atoms with E-state index < -0.39 is 0 Å². The highest BCUT2D eigenvalue weighted by Gasteiger charge is 2.35. The minimum atomic E-state index is 0.157. The Kier molecular flexibility index (Phi) is 5.28. The van der Waals surface area contributed by atoms with Gasteiger partial charge in [-0.15, -0.1) is 0 Å². The maximum atomic E-state index is 6.18. The molecule has 1 heterocycles. The molecule has 0 aliphatic heterocycles. The van der Waals surface area contributed by atoms with Gasteiger partial charge in [0, 0.05) is 12.1 Å². The van der Waals surface area contributed by atoms with E-state index in [4.69, 9.17) is 10.2 Å². The quantitative estimate of drug-likeness (QED) is 0.835. The summed E-state index contributed by atoms with van der Waals surface area (Å²) in [5, 5.41) is 0. The van der Waals surface area contributed by atoms with Crippen LogP contribution in [-0.2, 0) is 6.54 Å². The van der Waals surface area contributed by atoms with Crippen LogP contribution in [0.1, 0.15) is 57.0 Å². The highest BCUT2D eigenvalue weighted by molar-refractivity contribution is 5.06. The first-order valence-corrected chi connectivity index (χ1v) is 8.06. The molecular weight excluding hydrogens is 248 g/mol. The third kappa shape index (κ3) is 3.44. The Hall–Kier alpha value is -0.800. The van der Waals surface area contributed by atoms with E-state index >= 15 is 0 Å². The molecule has 0 amide bonds. The van der Waals surface area contributed by atoms with Gasteiger partial charge < -0.3 is 10.2 Å². The molecule has 0 saturated heterocycles. The number of furan rings is 1. The largest absolute Gasteiger partial charge is 0.465 e. The fourth-order valence-electron chi connectivity index (χ4n) is 3.58. The number of rotatable bonds is 5. The number of aryl methyl sites for hydroxylation is 1. The van der Waals surface area contributed by atoms with E-state index in [1.807, 2.05) is 13.0 Å². The monoisotopic (exact) mass is 278 g/mol. The van der Waals surface area contributed by atoms with Gasteiger partial charge in [-0.05, 0) is 51.3 Å². The molecule has 2 atom stereocenters. The maximum Gasteiger partial charge on any atom is 0.118 e. The predicted molar refractivity (Wildman–Crippen MR) is 83.6 cm³/mol. The minimum absolute atomic E-state index is 0.157. The van der Waals surface area contributed by atoms with Gasteiger partial charge >= 0.3 is 0 Å². The first kappa shape index (κ1) is 15.6. The Morgan fingerprint density at radius 2 is 2.15 bits per heavy atom. The summed E-state index contributed by atoms with van der Waals surface area (Å²) in [7, 11) is 2.21. The summed E-state index contributed by atoms with van der Waals surface area (Å²) in [6.45, 7) is 5.93. The molecule has 2 unspecified atom stereocenters. The molecule has 0 aromatic carbocycles. The molecule has 20 heavy (non-hydrogen) atoms. The van der Waals surface area contributed by atoms with Crippen LogP contribution < -0.4 is 5.73 Å². The van der Waals surface area contributed by atoms with Crippen LogP contribution in [0.4, 0.5) is 0 Å². The molecule has 1 aliphatic rings. The second-order valence-corrected chi connectivity index (χ2v) is 6.50. The Morgan fingerprint density at radius 1 is 1.35 bits per heavy atom. The summed E-state index contributed by atoms with van der Waals surface area (Å²) in [6.07, 6.45) is 7.73. The zero-order valence-corrected chi connectivity index (χ0v) is 13.3. The molecule has 2 N–H and O–H groups in total.